The summed E-state index contributed by atoms with van der Waals surface area (Å²) in [4.78, 5) is 20.6. The fourth-order valence-corrected chi connectivity index (χ4v) is 4.70. The first-order valence-electron chi connectivity index (χ1n) is 5.90. The van der Waals surface area contributed by atoms with Crippen molar-refractivity contribution in [3.63, 3.8) is 0 Å². The molecule has 3 atom stereocenters. The molecule has 4 aliphatic rings. The predicted octanol–water partition coefficient (Wildman–Crippen LogP) is 1.32. The van der Waals surface area contributed by atoms with Crippen molar-refractivity contribution in [1.29, 1.82) is 0 Å². The molecule has 3 unspecified atom stereocenters. The van der Waals surface area contributed by atoms with Gasteiger partial charge in [0.25, 0.3) is 0 Å². The number of hydrogen-bond acceptors (Lipinski definition) is 7. The van der Waals surface area contributed by atoms with E-state index < -0.39 is 5.72 Å². The number of Topliss-reactive ketones (excluding diaryl/α,β-unsaturated/α-hetero) is 1. The van der Waals surface area contributed by atoms with Crippen LogP contribution in [0, 0.1) is 0 Å². The maximum atomic E-state index is 11.6. The molecule has 1 spiro atoms. The third-order valence-electron chi connectivity index (χ3n) is 3.40. The van der Waals surface area contributed by atoms with Gasteiger partial charge in [-0.3, -0.25) is 9.79 Å². The Morgan fingerprint density at radius 2 is 2.37 bits per heavy atom. The van der Waals surface area contributed by atoms with Crippen LogP contribution in [0.1, 0.15) is 0 Å². The first-order chi connectivity index (χ1) is 9.16. The molecule has 1 N–H and O–H groups in total. The van der Waals surface area contributed by atoms with Crippen molar-refractivity contribution in [2.75, 3.05) is 12.4 Å². The standard InChI is InChI=1S/C12H10N2O3S2/c15-6-1-2-7-8(3-6)19-10(13-7)11-14-12(5-18-11)9(16)4-17-12/h1-3,7-8,15H,4-5H2. The number of ether oxygens (including phenoxy) is 1. The normalized spacial score (nSPS) is 39.8. The summed E-state index contributed by atoms with van der Waals surface area (Å²) in [7, 11) is 0. The second-order valence-corrected chi connectivity index (χ2v) is 6.79. The van der Waals surface area contributed by atoms with Crippen molar-refractivity contribution in [1.82, 2.24) is 0 Å². The lowest BCUT2D eigenvalue weighted by Crippen LogP contribution is -2.53. The Morgan fingerprint density at radius 1 is 1.47 bits per heavy atom. The highest BCUT2D eigenvalue weighted by Gasteiger charge is 2.52. The van der Waals surface area contributed by atoms with Gasteiger partial charge in [-0.2, -0.15) is 0 Å². The molecule has 0 amide bonds. The third kappa shape index (κ3) is 1.72. The van der Waals surface area contributed by atoms with Crippen molar-refractivity contribution in [3.05, 3.63) is 24.0 Å². The summed E-state index contributed by atoms with van der Waals surface area (Å²) in [6, 6.07) is 0.0498. The number of ketones is 1. The fourth-order valence-electron chi connectivity index (χ4n) is 2.27. The van der Waals surface area contributed by atoms with Crippen LogP contribution in [0.4, 0.5) is 0 Å². The maximum absolute atomic E-state index is 11.6. The Morgan fingerprint density at radius 3 is 3.05 bits per heavy atom. The molecular formula is C12H10N2O3S2. The van der Waals surface area contributed by atoms with Crippen molar-refractivity contribution in [2.45, 2.75) is 17.0 Å². The first-order valence-corrected chi connectivity index (χ1v) is 7.77. The van der Waals surface area contributed by atoms with E-state index in [1.165, 1.54) is 11.8 Å². The molecule has 19 heavy (non-hydrogen) atoms. The predicted molar refractivity (Wildman–Crippen MR) is 76.0 cm³/mol. The Bertz CT molecular complexity index is 596. The van der Waals surface area contributed by atoms with Crippen molar-refractivity contribution in [2.24, 2.45) is 9.98 Å². The molecule has 0 aromatic heterocycles. The molecule has 0 radical (unpaired) electrons. The number of fused-ring (bicyclic) bond motifs is 1. The SMILES string of the molecule is O=C1COC12CSC(C1=NC3C=CC(O)=CC3S1)=N2. The van der Waals surface area contributed by atoms with Gasteiger partial charge in [0.1, 0.15) is 22.5 Å². The molecule has 3 aliphatic heterocycles. The van der Waals surface area contributed by atoms with Gasteiger partial charge in [-0.25, -0.2) is 4.99 Å². The lowest BCUT2D eigenvalue weighted by atomic mass is 10.1. The third-order valence-corrected chi connectivity index (χ3v) is 5.83. The van der Waals surface area contributed by atoms with Crippen molar-refractivity contribution >= 4 is 39.4 Å². The number of carbonyl (C=O) groups excluding carboxylic acids is 1. The van der Waals surface area contributed by atoms with Crippen LogP contribution in [-0.2, 0) is 9.53 Å². The van der Waals surface area contributed by atoms with Crippen molar-refractivity contribution in [3.8, 4) is 0 Å². The van der Waals surface area contributed by atoms with E-state index in [-0.39, 0.29) is 29.4 Å². The zero-order valence-corrected chi connectivity index (χ0v) is 11.4. The molecule has 7 heteroatoms. The van der Waals surface area contributed by atoms with Gasteiger partial charge in [-0.15, -0.1) is 0 Å². The zero-order chi connectivity index (χ0) is 13.0. The Balaban J connectivity index is 1.59. The summed E-state index contributed by atoms with van der Waals surface area (Å²) in [5, 5.41) is 11.2. The second kappa shape index (κ2) is 3.97. The molecule has 0 saturated carbocycles. The van der Waals surface area contributed by atoms with Crippen LogP contribution in [0.25, 0.3) is 0 Å². The number of nitrogens with zero attached hydrogens (tertiary/aromatic N) is 2. The largest absolute Gasteiger partial charge is 0.508 e. The van der Waals surface area contributed by atoms with Crippen LogP contribution in [-0.4, -0.2) is 50.4 Å². The summed E-state index contributed by atoms with van der Waals surface area (Å²) < 4.78 is 5.33. The van der Waals surface area contributed by atoms with E-state index in [1.807, 2.05) is 6.08 Å². The maximum Gasteiger partial charge on any atom is 0.231 e. The van der Waals surface area contributed by atoms with Crippen LogP contribution in [0.5, 0.6) is 0 Å². The molecule has 98 valence electrons. The Kier molecular flexibility index (Phi) is 2.46. The highest BCUT2D eigenvalue weighted by Crippen LogP contribution is 2.40. The van der Waals surface area contributed by atoms with Gasteiger partial charge < -0.3 is 9.84 Å². The highest BCUT2D eigenvalue weighted by atomic mass is 32.2. The van der Waals surface area contributed by atoms with E-state index in [9.17, 15) is 9.90 Å². The molecular weight excluding hydrogens is 284 g/mol. The number of aliphatic hydroxyl groups is 1. The molecule has 4 rings (SSSR count). The highest BCUT2D eigenvalue weighted by molar-refractivity contribution is 8.25. The van der Waals surface area contributed by atoms with Crippen LogP contribution < -0.4 is 0 Å². The van der Waals surface area contributed by atoms with E-state index in [0.29, 0.717) is 5.75 Å². The molecule has 5 nitrogen and oxygen atoms in total. The summed E-state index contributed by atoms with van der Waals surface area (Å²) in [5.41, 5.74) is -0.926. The minimum Gasteiger partial charge on any atom is -0.508 e. The lowest BCUT2D eigenvalue weighted by Gasteiger charge is -2.32. The zero-order valence-electron chi connectivity index (χ0n) is 9.78. The summed E-state index contributed by atoms with van der Waals surface area (Å²) >= 11 is 3.09. The van der Waals surface area contributed by atoms with E-state index >= 15 is 0 Å². The average molecular weight is 294 g/mol. The number of thioether (sulfide) groups is 2. The number of aliphatic imine (C=N–C) groups is 2. The monoisotopic (exact) mass is 294 g/mol. The van der Waals surface area contributed by atoms with E-state index in [1.54, 1.807) is 23.9 Å². The number of carbonyl (C=O) groups is 1. The van der Waals surface area contributed by atoms with E-state index in [4.69, 9.17) is 4.74 Å². The number of hydrogen-bond donors (Lipinski definition) is 1. The van der Waals surface area contributed by atoms with Crippen molar-refractivity contribution < 1.29 is 14.6 Å². The van der Waals surface area contributed by atoms with E-state index in [2.05, 4.69) is 9.98 Å². The van der Waals surface area contributed by atoms with Gasteiger partial charge >= 0.3 is 0 Å². The van der Waals surface area contributed by atoms with E-state index in [0.717, 1.165) is 10.1 Å². The topological polar surface area (TPSA) is 71.2 Å². The fraction of sp³-hybridized carbons (Fsp3) is 0.417. The van der Waals surface area contributed by atoms with Gasteiger partial charge in [0.2, 0.25) is 11.5 Å². The van der Waals surface area contributed by atoms with Gasteiger partial charge in [-0.05, 0) is 12.2 Å². The molecule has 1 fully saturated rings. The Labute approximate surface area is 117 Å². The first kappa shape index (κ1) is 11.7. The van der Waals surface area contributed by atoms with Gasteiger partial charge in [-0.1, -0.05) is 29.6 Å². The molecule has 0 aromatic carbocycles. The second-order valence-electron chi connectivity index (χ2n) is 4.66. The summed E-state index contributed by atoms with van der Waals surface area (Å²) in [6.45, 7) is 0.168. The lowest BCUT2D eigenvalue weighted by molar-refractivity contribution is -0.171. The molecule has 1 aliphatic carbocycles. The number of rotatable bonds is 1. The van der Waals surface area contributed by atoms with Crippen LogP contribution in [0.2, 0.25) is 0 Å². The molecule has 0 bridgehead atoms. The minimum atomic E-state index is -0.926. The number of aliphatic hydroxyl groups excluding tert-OH is 1. The summed E-state index contributed by atoms with van der Waals surface area (Å²) in [6.07, 6.45) is 5.35. The average Bonchev–Trinajstić information content (AvgIpc) is 3.01. The van der Waals surface area contributed by atoms with Gasteiger partial charge in [0.05, 0.1) is 17.0 Å². The molecule has 0 aromatic rings. The molecule has 3 heterocycles. The Hall–Kier alpha value is -1.05. The smallest absolute Gasteiger partial charge is 0.231 e. The van der Waals surface area contributed by atoms with Crippen LogP contribution in [0.15, 0.2) is 34.0 Å². The number of allylic oxidation sites excluding steroid dienone is 1. The summed E-state index contributed by atoms with van der Waals surface area (Å²) in [5.74, 6) is 0.876. The van der Waals surface area contributed by atoms with Crippen LogP contribution in [0.3, 0.4) is 0 Å². The van der Waals surface area contributed by atoms with Crippen LogP contribution >= 0.6 is 23.5 Å². The minimum absolute atomic E-state index is 0.0495. The molecule has 1 saturated heterocycles. The van der Waals surface area contributed by atoms with Gasteiger partial charge in [0.15, 0.2) is 0 Å². The quantitative estimate of drug-likeness (QED) is 0.790. The van der Waals surface area contributed by atoms with Gasteiger partial charge in [0, 0.05) is 0 Å².